The summed E-state index contributed by atoms with van der Waals surface area (Å²) in [6.07, 6.45) is 2.33. The zero-order valence-corrected chi connectivity index (χ0v) is 11.8. The van der Waals surface area contributed by atoms with Gasteiger partial charge in [-0.15, -0.1) is 0 Å². The first-order chi connectivity index (χ1) is 10.6. The van der Waals surface area contributed by atoms with E-state index in [9.17, 15) is 14.4 Å². The predicted octanol–water partition coefficient (Wildman–Crippen LogP) is 0.472. The van der Waals surface area contributed by atoms with Crippen LogP contribution in [-0.4, -0.2) is 44.3 Å². The molecule has 0 bridgehead atoms. The van der Waals surface area contributed by atoms with Gasteiger partial charge in [-0.05, 0) is 25.0 Å². The lowest BCUT2D eigenvalue weighted by molar-refractivity contribution is -0.148. The molecule has 0 radical (unpaired) electrons. The number of carbonyl (C=O) groups excluding carboxylic acids is 1. The van der Waals surface area contributed by atoms with E-state index >= 15 is 0 Å². The molecule has 7 heteroatoms. The molecule has 0 aliphatic carbocycles. The van der Waals surface area contributed by atoms with Gasteiger partial charge in [-0.1, -0.05) is 12.1 Å². The summed E-state index contributed by atoms with van der Waals surface area (Å²) in [5.41, 5.74) is 0.360. The maximum Gasteiger partial charge on any atom is 0.326 e. The molecular formula is C15H15N3O4. The smallest absolute Gasteiger partial charge is 0.326 e. The quantitative estimate of drug-likeness (QED) is 0.889. The molecule has 0 spiro atoms. The molecule has 7 nitrogen and oxygen atoms in total. The summed E-state index contributed by atoms with van der Waals surface area (Å²) in [4.78, 5) is 36.7. The molecule has 1 aliphatic rings. The first kappa shape index (κ1) is 14.2. The van der Waals surface area contributed by atoms with Gasteiger partial charge in [-0.2, -0.15) is 5.10 Å². The summed E-state index contributed by atoms with van der Waals surface area (Å²) in [6.45, 7) is 0.360. The summed E-state index contributed by atoms with van der Waals surface area (Å²) in [6, 6.07) is 6.14. The highest BCUT2D eigenvalue weighted by molar-refractivity contribution is 5.85. The molecule has 1 aromatic carbocycles. The summed E-state index contributed by atoms with van der Waals surface area (Å²) in [7, 11) is 0. The molecule has 1 aromatic heterocycles. The molecule has 1 amide bonds. The second-order valence-electron chi connectivity index (χ2n) is 5.27. The van der Waals surface area contributed by atoms with Crippen molar-refractivity contribution < 1.29 is 14.7 Å². The number of benzene rings is 1. The van der Waals surface area contributed by atoms with Crippen molar-refractivity contribution in [3.8, 4) is 0 Å². The van der Waals surface area contributed by atoms with Gasteiger partial charge in [0.05, 0.1) is 11.7 Å². The predicted molar refractivity (Wildman–Crippen MR) is 78.4 cm³/mol. The molecule has 0 saturated carbocycles. The van der Waals surface area contributed by atoms with Crippen LogP contribution < -0.4 is 5.43 Å². The molecule has 114 valence electrons. The van der Waals surface area contributed by atoms with Gasteiger partial charge in [0, 0.05) is 11.9 Å². The second kappa shape index (κ2) is 5.59. The van der Waals surface area contributed by atoms with Crippen molar-refractivity contribution in [3.05, 3.63) is 40.7 Å². The average Bonchev–Trinajstić information content (AvgIpc) is 3.00. The Balaban J connectivity index is 1.90. The topological polar surface area (TPSA) is 92.5 Å². The van der Waals surface area contributed by atoms with Crippen LogP contribution in [0, 0.1) is 0 Å². The zero-order valence-electron chi connectivity index (χ0n) is 11.8. The Labute approximate surface area is 125 Å². The van der Waals surface area contributed by atoms with Crippen LogP contribution in [0.1, 0.15) is 12.8 Å². The maximum atomic E-state index is 12.4. The van der Waals surface area contributed by atoms with Crippen LogP contribution in [0.25, 0.3) is 10.9 Å². The Morgan fingerprint density at radius 1 is 1.32 bits per heavy atom. The molecule has 3 rings (SSSR count). The lowest BCUT2D eigenvalue weighted by Gasteiger charge is -2.22. The second-order valence-corrected chi connectivity index (χ2v) is 5.27. The Kier molecular flexibility index (Phi) is 3.62. The van der Waals surface area contributed by atoms with E-state index in [-0.39, 0.29) is 17.9 Å². The van der Waals surface area contributed by atoms with E-state index in [4.69, 9.17) is 5.11 Å². The third kappa shape index (κ3) is 2.45. The molecule has 1 fully saturated rings. The molecule has 1 saturated heterocycles. The number of fused-ring (bicyclic) bond motifs is 1. The van der Waals surface area contributed by atoms with Crippen LogP contribution in [0.3, 0.4) is 0 Å². The number of hydrogen-bond donors (Lipinski definition) is 1. The fourth-order valence-electron chi connectivity index (χ4n) is 2.83. The normalized spacial score (nSPS) is 17.8. The van der Waals surface area contributed by atoms with E-state index in [1.165, 1.54) is 15.8 Å². The van der Waals surface area contributed by atoms with Crippen LogP contribution in [0.15, 0.2) is 35.3 Å². The van der Waals surface area contributed by atoms with Gasteiger partial charge in [0.2, 0.25) is 11.3 Å². The minimum absolute atomic E-state index is 0.0788. The minimum atomic E-state index is -0.983. The Hall–Kier alpha value is -2.70. The molecular weight excluding hydrogens is 286 g/mol. The van der Waals surface area contributed by atoms with Gasteiger partial charge in [-0.25, -0.2) is 4.79 Å². The molecule has 22 heavy (non-hydrogen) atoms. The summed E-state index contributed by atoms with van der Waals surface area (Å²) < 4.78 is 1.44. The highest BCUT2D eigenvalue weighted by Gasteiger charge is 2.33. The highest BCUT2D eigenvalue weighted by atomic mass is 16.4. The number of aliphatic carboxylic acids is 1. The van der Waals surface area contributed by atoms with Crippen molar-refractivity contribution in [2.24, 2.45) is 0 Å². The number of aromatic nitrogens is 2. The maximum absolute atomic E-state index is 12.4. The van der Waals surface area contributed by atoms with Crippen molar-refractivity contribution in [2.75, 3.05) is 6.54 Å². The van der Waals surface area contributed by atoms with E-state index in [2.05, 4.69) is 5.10 Å². The van der Waals surface area contributed by atoms with Crippen molar-refractivity contribution in [1.82, 2.24) is 14.7 Å². The summed E-state index contributed by atoms with van der Waals surface area (Å²) >= 11 is 0. The van der Waals surface area contributed by atoms with Crippen molar-refractivity contribution in [2.45, 2.75) is 25.4 Å². The minimum Gasteiger partial charge on any atom is -0.480 e. The largest absolute Gasteiger partial charge is 0.480 e. The molecule has 1 N–H and O–H groups in total. The van der Waals surface area contributed by atoms with Crippen LogP contribution in [0.2, 0.25) is 0 Å². The molecule has 0 unspecified atom stereocenters. The number of nitrogens with zero attached hydrogens (tertiary/aromatic N) is 3. The molecule has 1 aliphatic heterocycles. The van der Waals surface area contributed by atoms with E-state index in [1.54, 1.807) is 24.3 Å². The number of amides is 1. The van der Waals surface area contributed by atoms with Gasteiger partial charge in [0.25, 0.3) is 0 Å². The lowest BCUT2D eigenvalue weighted by Crippen LogP contribution is -2.42. The number of carboxylic acids is 1. The fourth-order valence-corrected chi connectivity index (χ4v) is 2.83. The summed E-state index contributed by atoms with van der Waals surface area (Å²) in [5, 5.41) is 13.6. The van der Waals surface area contributed by atoms with Crippen LogP contribution >= 0.6 is 0 Å². The van der Waals surface area contributed by atoms with Crippen molar-refractivity contribution >= 4 is 22.8 Å². The van der Waals surface area contributed by atoms with Gasteiger partial charge in [0.1, 0.15) is 12.6 Å². The van der Waals surface area contributed by atoms with Gasteiger partial charge < -0.3 is 10.0 Å². The Morgan fingerprint density at radius 2 is 2.09 bits per heavy atom. The van der Waals surface area contributed by atoms with Crippen molar-refractivity contribution in [1.29, 1.82) is 0 Å². The monoisotopic (exact) mass is 301 g/mol. The van der Waals surface area contributed by atoms with E-state index in [0.29, 0.717) is 30.3 Å². The number of para-hydroxylation sites is 1. The van der Waals surface area contributed by atoms with Crippen molar-refractivity contribution in [3.63, 3.8) is 0 Å². The van der Waals surface area contributed by atoms with Crippen LogP contribution in [0.5, 0.6) is 0 Å². The fraction of sp³-hybridized carbons (Fsp3) is 0.333. The van der Waals surface area contributed by atoms with Gasteiger partial charge in [0.15, 0.2) is 0 Å². The molecule has 2 aromatic rings. The van der Waals surface area contributed by atoms with Gasteiger partial charge >= 0.3 is 5.97 Å². The number of likely N-dealkylation sites (tertiary alicyclic amines) is 1. The van der Waals surface area contributed by atoms with E-state index < -0.39 is 12.0 Å². The SMILES string of the molecule is O=C(O)[C@@H]1CCCN1C(=O)Cn1ncc(=O)c2ccccc21. The van der Waals surface area contributed by atoms with E-state index in [1.807, 2.05) is 0 Å². The van der Waals surface area contributed by atoms with Crippen LogP contribution in [0.4, 0.5) is 0 Å². The number of carbonyl (C=O) groups is 2. The number of hydrogen-bond acceptors (Lipinski definition) is 4. The third-order valence-corrected chi connectivity index (χ3v) is 3.91. The first-order valence-corrected chi connectivity index (χ1v) is 7.05. The van der Waals surface area contributed by atoms with Crippen LogP contribution in [-0.2, 0) is 16.1 Å². The Bertz CT molecular complexity index is 799. The lowest BCUT2D eigenvalue weighted by atomic mass is 10.2. The average molecular weight is 301 g/mol. The Morgan fingerprint density at radius 3 is 2.86 bits per heavy atom. The zero-order chi connectivity index (χ0) is 15.7. The summed E-state index contributed by atoms with van der Waals surface area (Å²) in [5.74, 6) is -1.28. The van der Waals surface area contributed by atoms with Gasteiger partial charge in [-0.3, -0.25) is 14.3 Å². The standard InChI is InChI=1S/C15H15N3O4/c19-13-8-16-18(11-5-2-1-4-10(11)13)9-14(20)17-7-3-6-12(17)15(21)22/h1-2,4-5,8,12H,3,6-7,9H2,(H,21,22)/t12-/m0/s1. The first-order valence-electron chi connectivity index (χ1n) is 7.05. The number of carboxylic acid groups (broad SMARTS) is 1. The number of rotatable bonds is 3. The molecule has 1 atom stereocenters. The third-order valence-electron chi connectivity index (χ3n) is 3.91. The van der Waals surface area contributed by atoms with E-state index in [0.717, 1.165) is 0 Å². The molecule has 2 heterocycles. The highest BCUT2D eigenvalue weighted by Crippen LogP contribution is 2.18.